The fraction of sp³-hybridized carbons (Fsp3) is 0.381. The van der Waals surface area contributed by atoms with Crippen LogP contribution in [0, 0.1) is 6.92 Å². The number of benzene rings is 1. The van der Waals surface area contributed by atoms with Crippen molar-refractivity contribution in [3.8, 4) is 0 Å². The summed E-state index contributed by atoms with van der Waals surface area (Å²) in [7, 11) is -0.452. The Morgan fingerprint density at radius 2 is 1.97 bits per heavy atom. The molecule has 0 bridgehead atoms. The van der Waals surface area contributed by atoms with Crippen molar-refractivity contribution in [2.75, 3.05) is 14.1 Å². The molecule has 0 atom stereocenters. The number of sulfonamides is 1. The lowest BCUT2D eigenvalue weighted by atomic mass is 9.95. The first-order valence-corrected chi connectivity index (χ1v) is 11.6. The summed E-state index contributed by atoms with van der Waals surface area (Å²) >= 11 is 1.16. The molecule has 1 N–H and O–H groups in total. The monoisotopic (exact) mass is 434 g/mol. The molecule has 0 aliphatic heterocycles. The zero-order valence-corrected chi connectivity index (χ0v) is 18.9. The fourth-order valence-electron chi connectivity index (χ4n) is 3.20. The van der Waals surface area contributed by atoms with Gasteiger partial charge in [-0.1, -0.05) is 13.8 Å². The predicted octanol–water partition coefficient (Wildman–Crippen LogP) is 4.04. The van der Waals surface area contributed by atoms with Crippen LogP contribution in [-0.4, -0.2) is 32.7 Å². The van der Waals surface area contributed by atoms with Crippen molar-refractivity contribution in [1.82, 2.24) is 9.62 Å². The molecule has 0 saturated heterocycles. The topological polar surface area (TPSA) is 79.6 Å². The summed E-state index contributed by atoms with van der Waals surface area (Å²) in [6.07, 6.45) is 1.85. The maximum Gasteiger partial charge on any atom is 0.252 e. The maximum absolute atomic E-state index is 12.5. The van der Waals surface area contributed by atoms with Gasteiger partial charge in [-0.05, 0) is 48.2 Å². The molecule has 0 saturated carbocycles. The smallest absolute Gasteiger partial charge is 0.252 e. The SMILES string of the molecule is Cc1cc2occ(CC(=O)NCc3ccc(S(=O)(=O)N(C)C)s3)c2cc1C(C)C. The number of carbonyl (C=O) groups excluding carboxylic acids is 1. The Morgan fingerprint density at radius 1 is 1.24 bits per heavy atom. The standard InChI is InChI=1S/C21H26N2O4S2/c1-13(2)17-10-18-15(12-27-19(18)8-14(17)3)9-20(24)22-11-16-6-7-21(28-16)29(25,26)23(4)5/h6-8,10,12-13H,9,11H2,1-5H3,(H,22,24). The first-order chi connectivity index (χ1) is 13.6. The van der Waals surface area contributed by atoms with Crippen LogP contribution >= 0.6 is 11.3 Å². The Bertz CT molecular complexity index is 1140. The zero-order chi connectivity index (χ0) is 21.3. The minimum Gasteiger partial charge on any atom is -0.464 e. The number of hydrogen-bond acceptors (Lipinski definition) is 5. The number of furan rings is 1. The van der Waals surface area contributed by atoms with Crippen molar-refractivity contribution >= 4 is 38.2 Å². The van der Waals surface area contributed by atoms with Crippen LogP contribution in [0.2, 0.25) is 0 Å². The molecule has 0 fully saturated rings. The van der Waals surface area contributed by atoms with Crippen molar-refractivity contribution < 1.29 is 17.6 Å². The molecule has 6 nitrogen and oxygen atoms in total. The number of nitrogens with zero attached hydrogens (tertiary/aromatic N) is 1. The van der Waals surface area contributed by atoms with Gasteiger partial charge in [0.15, 0.2) is 0 Å². The lowest BCUT2D eigenvalue weighted by molar-refractivity contribution is -0.120. The second kappa shape index (κ2) is 8.30. The Morgan fingerprint density at radius 3 is 2.62 bits per heavy atom. The second-order valence-electron chi connectivity index (χ2n) is 7.58. The van der Waals surface area contributed by atoms with Gasteiger partial charge in [0.1, 0.15) is 9.79 Å². The quantitative estimate of drug-likeness (QED) is 0.609. The van der Waals surface area contributed by atoms with E-state index in [4.69, 9.17) is 4.42 Å². The highest BCUT2D eigenvalue weighted by Gasteiger charge is 2.20. The summed E-state index contributed by atoms with van der Waals surface area (Å²) in [5, 5.41) is 3.83. The predicted molar refractivity (Wildman–Crippen MR) is 116 cm³/mol. The summed E-state index contributed by atoms with van der Waals surface area (Å²) in [4.78, 5) is 13.2. The van der Waals surface area contributed by atoms with Gasteiger partial charge in [-0.25, -0.2) is 12.7 Å². The summed E-state index contributed by atoms with van der Waals surface area (Å²) < 4.78 is 31.4. The third-order valence-electron chi connectivity index (χ3n) is 4.85. The van der Waals surface area contributed by atoms with Crippen LogP contribution in [-0.2, 0) is 27.8 Å². The van der Waals surface area contributed by atoms with E-state index in [2.05, 4.69) is 32.2 Å². The molecule has 0 unspecified atom stereocenters. The minimum absolute atomic E-state index is 0.134. The summed E-state index contributed by atoms with van der Waals surface area (Å²) in [6, 6.07) is 7.43. The van der Waals surface area contributed by atoms with E-state index in [9.17, 15) is 13.2 Å². The van der Waals surface area contributed by atoms with Crippen LogP contribution in [0.15, 0.2) is 39.2 Å². The van der Waals surface area contributed by atoms with E-state index in [0.717, 1.165) is 32.7 Å². The number of amides is 1. The van der Waals surface area contributed by atoms with Crippen LogP contribution in [0.25, 0.3) is 11.0 Å². The van der Waals surface area contributed by atoms with E-state index >= 15 is 0 Å². The third-order valence-corrected chi connectivity index (χ3v) is 8.21. The molecule has 2 aromatic heterocycles. The molecular formula is C21H26N2O4S2. The molecule has 3 rings (SSSR count). The van der Waals surface area contributed by atoms with Gasteiger partial charge in [0.25, 0.3) is 10.0 Å². The number of rotatable bonds is 7. The number of fused-ring (bicyclic) bond motifs is 1. The number of nitrogens with one attached hydrogen (secondary N) is 1. The number of thiophene rings is 1. The van der Waals surface area contributed by atoms with Gasteiger partial charge < -0.3 is 9.73 Å². The fourth-order valence-corrected chi connectivity index (χ4v) is 5.66. The van der Waals surface area contributed by atoms with E-state index in [1.807, 2.05) is 6.07 Å². The molecule has 0 radical (unpaired) electrons. The molecule has 156 valence electrons. The van der Waals surface area contributed by atoms with Gasteiger partial charge >= 0.3 is 0 Å². The van der Waals surface area contributed by atoms with Gasteiger partial charge in [-0.3, -0.25) is 4.79 Å². The van der Waals surface area contributed by atoms with Crippen molar-refractivity contribution in [2.45, 2.75) is 43.9 Å². The summed E-state index contributed by atoms with van der Waals surface area (Å²) in [6.45, 7) is 6.65. The molecule has 3 aromatic rings. The summed E-state index contributed by atoms with van der Waals surface area (Å²) in [5.41, 5.74) is 4.06. The van der Waals surface area contributed by atoms with Crippen molar-refractivity contribution in [1.29, 1.82) is 0 Å². The lowest BCUT2D eigenvalue weighted by Crippen LogP contribution is -2.24. The van der Waals surface area contributed by atoms with E-state index in [1.165, 1.54) is 29.5 Å². The normalized spacial score (nSPS) is 12.2. The first-order valence-electron chi connectivity index (χ1n) is 9.38. The Labute approximate surface area is 175 Å². The first kappa shape index (κ1) is 21.5. The van der Waals surface area contributed by atoms with Gasteiger partial charge in [-0.15, -0.1) is 11.3 Å². The highest BCUT2D eigenvalue weighted by Crippen LogP contribution is 2.29. The Kier molecular flexibility index (Phi) is 6.16. The average molecular weight is 435 g/mol. The van der Waals surface area contributed by atoms with Crippen LogP contribution in [0.1, 0.15) is 41.3 Å². The molecule has 0 spiro atoms. The lowest BCUT2D eigenvalue weighted by Gasteiger charge is -2.10. The summed E-state index contributed by atoms with van der Waals surface area (Å²) in [5.74, 6) is 0.257. The molecule has 29 heavy (non-hydrogen) atoms. The largest absolute Gasteiger partial charge is 0.464 e. The number of carbonyl (C=O) groups is 1. The minimum atomic E-state index is -3.45. The van der Waals surface area contributed by atoms with E-state index < -0.39 is 10.0 Å². The second-order valence-corrected chi connectivity index (χ2v) is 11.1. The van der Waals surface area contributed by atoms with Crippen LogP contribution in [0.5, 0.6) is 0 Å². The van der Waals surface area contributed by atoms with Gasteiger partial charge in [0.2, 0.25) is 5.91 Å². The van der Waals surface area contributed by atoms with Crippen LogP contribution in [0.3, 0.4) is 0 Å². The zero-order valence-electron chi connectivity index (χ0n) is 17.3. The van der Waals surface area contributed by atoms with E-state index in [-0.39, 0.29) is 16.5 Å². The molecule has 0 aliphatic rings. The van der Waals surface area contributed by atoms with Gasteiger partial charge in [-0.2, -0.15) is 0 Å². The van der Waals surface area contributed by atoms with Crippen LogP contribution < -0.4 is 5.32 Å². The highest BCUT2D eigenvalue weighted by atomic mass is 32.2. The molecule has 0 aliphatic carbocycles. The number of aryl methyl sites for hydroxylation is 1. The third kappa shape index (κ3) is 4.55. The van der Waals surface area contributed by atoms with Gasteiger partial charge in [0.05, 0.1) is 19.2 Å². The Balaban J connectivity index is 1.69. The number of hydrogen-bond donors (Lipinski definition) is 1. The molecule has 8 heteroatoms. The van der Waals surface area contributed by atoms with E-state index in [1.54, 1.807) is 18.4 Å². The highest BCUT2D eigenvalue weighted by molar-refractivity contribution is 7.91. The average Bonchev–Trinajstić information content (AvgIpc) is 3.26. The van der Waals surface area contributed by atoms with Crippen molar-refractivity contribution in [3.05, 3.63) is 52.1 Å². The van der Waals surface area contributed by atoms with E-state index in [0.29, 0.717) is 12.5 Å². The van der Waals surface area contributed by atoms with Crippen molar-refractivity contribution in [2.24, 2.45) is 0 Å². The van der Waals surface area contributed by atoms with Crippen molar-refractivity contribution in [3.63, 3.8) is 0 Å². The molecule has 1 amide bonds. The van der Waals surface area contributed by atoms with Crippen LogP contribution in [0.4, 0.5) is 0 Å². The molecule has 1 aromatic carbocycles. The maximum atomic E-state index is 12.5. The molecule has 2 heterocycles. The van der Waals surface area contributed by atoms with Gasteiger partial charge in [0, 0.05) is 29.9 Å². The molecular weight excluding hydrogens is 408 g/mol. The Hall–Kier alpha value is -2.16.